The molecule has 0 saturated carbocycles. The zero-order chi connectivity index (χ0) is 29.3. The van der Waals surface area contributed by atoms with Crippen LogP contribution in [-0.4, -0.2) is 21.0 Å². The molecule has 0 saturated heterocycles. The summed E-state index contributed by atoms with van der Waals surface area (Å²) >= 11 is 0. The first kappa shape index (κ1) is 25.9. The maximum atomic E-state index is 6.04. The number of pyridine rings is 2. The quantitative estimate of drug-likeness (QED) is 0.200. The van der Waals surface area contributed by atoms with Gasteiger partial charge in [0.25, 0.3) is 0 Å². The van der Waals surface area contributed by atoms with Gasteiger partial charge in [-0.15, -0.1) is 0 Å². The molecule has 0 spiro atoms. The van der Waals surface area contributed by atoms with E-state index < -0.39 is 0 Å². The molecule has 210 valence electrons. The molecule has 4 aromatic carbocycles. The fraction of sp³-hybridized carbons (Fsp3) is 0.0513. The van der Waals surface area contributed by atoms with Crippen LogP contribution in [0.2, 0.25) is 0 Å². The largest absolute Gasteiger partial charge is 0.436 e. The summed E-state index contributed by atoms with van der Waals surface area (Å²) in [5.74, 6) is 0.617. The molecule has 0 aliphatic heterocycles. The van der Waals surface area contributed by atoms with Crippen LogP contribution in [0.4, 0.5) is 11.4 Å². The highest BCUT2D eigenvalue weighted by molar-refractivity contribution is 5.96. The Morgan fingerprint density at radius 3 is 2.27 bits per heavy atom. The van der Waals surface area contributed by atoms with E-state index in [1.807, 2.05) is 54.7 Å². The lowest BCUT2D eigenvalue weighted by Crippen LogP contribution is -2.30. The fourth-order valence-corrected chi connectivity index (χ4v) is 5.96. The molecular weight excluding hydrogens is 540 g/mol. The lowest BCUT2D eigenvalue weighted by atomic mass is 9.92. The van der Waals surface area contributed by atoms with Crippen LogP contribution in [0.3, 0.4) is 0 Å². The van der Waals surface area contributed by atoms with Crippen molar-refractivity contribution in [1.29, 1.82) is 0 Å². The van der Waals surface area contributed by atoms with Gasteiger partial charge in [-0.25, -0.2) is 4.98 Å². The minimum atomic E-state index is 0.103. The first-order chi connectivity index (χ1) is 21.8. The number of hydrogen-bond donors (Lipinski definition) is 0. The topological polar surface area (TPSA) is 55.1 Å². The first-order valence-electron chi connectivity index (χ1n) is 14.8. The van der Waals surface area contributed by atoms with E-state index in [0.29, 0.717) is 5.89 Å². The van der Waals surface area contributed by atoms with Crippen LogP contribution in [0.25, 0.3) is 50.3 Å². The summed E-state index contributed by atoms with van der Waals surface area (Å²) in [6.45, 7) is 0. The van der Waals surface area contributed by atoms with Gasteiger partial charge in [-0.05, 0) is 89.0 Å². The van der Waals surface area contributed by atoms with Crippen molar-refractivity contribution < 1.29 is 4.42 Å². The van der Waals surface area contributed by atoms with E-state index in [4.69, 9.17) is 9.40 Å². The van der Waals surface area contributed by atoms with Gasteiger partial charge in [0.05, 0.1) is 29.3 Å². The second kappa shape index (κ2) is 11.1. The summed E-state index contributed by atoms with van der Waals surface area (Å²) in [5.41, 5.74) is 8.85. The van der Waals surface area contributed by atoms with E-state index in [0.717, 1.165) is 45.8 Å². The Labute approximate surface area is 255 Å². The Kier molecular flexibility index (Phi) is 6.54. The highest BCUT2D eigenvalue weighted by atomic mass is 16.3. The lowest BCUT2D eigenvalue weighted by Gasteiger charge is -2.33. The van der Waals surface area contributed by atoms with E-state index in [1.165, 1.54) is 21.9 Å². The fourth-order valence-electron chi connectivity index (χ4n) is 5.96. The SMILES string of the molecule is C1=CC(N(c2ccc(-c3nc4ccccc4o3)cc2)c2ccc(-c3ccccn3)nc2)CC=C1c1cccc2ccccc12. The molecule has 5 heteroatoms. The minimum Gasteiger partial charge on any atom is -0.436 e. The molecule has 0 fully saturated rings. The van der Waals surface area contributed by atoms with Crippen molar-refractivity contribution in [2.45, 2.75) is 12.5 Å². The summed E-state index contributed by atoms with van der Waals surface area (Å²) in [7, 11) is 0. The average molecular weight is 569 g/mol. The minimum absolute atomic E-state index is 0.103. The van der Waals surface area contributed by atoms with Gasteiger partial charge in [-0.1, -0.05) is 78.9 Å². The number of oxazole rings is 1. The molecule has 0 N–H and O–H groups in total. The monoisotopic (exact) mass is 568 g/mol. The molecule has 0 amide bonds. The third kappa shape index (κ3) is 4.84. The normalized spacial score (nSPS) is 14.5. The molecule has 8 rings (SSSR count). The molecule has 5 nitrogen and oxygen atoms in total. The standard InChI is InChI=1S/C39H28N4O/c1-2-10-33-27(8-1)9-7-11-34(33)28-15-19-30(20-16-28)43(32-23-24-36(41-26-32)35-12-5-6-25-40-35)31-21-17-29(18-22-31)39-42-37-13-3-4-14-38(37)44-39/h1-19,21-26,30H,20H2. The number of aromatic nitrogens is 3. The van der Waals surface area contributed by atoms with Crippen LogP contribution in [-0.2, 0) is 0 Å². The highest BCUT2D eigenvalue weighted by Crippen LogP contribution is 2.36. The number of nitrogens with zero attached hydrogens (tertiary/aromatic N) is 4. The predicted molar refractivity (Wildman–Crippen MR) is 179 cm³/mol. The zero-order valence-corrected chi connectivity index (χ0v) is 23.9. The molecule has 44 heavy (non-hydrogen) atoms. The van der Waals surface area contributed by atoms with Crippen molar-refractivity contribution in [1.82, 2.24) is 15.0 Å². The third-order valence-corrected chi connectivity index (χ3v) is 8.15. The van der Waals surface area contributed by atoms with Crippen molar-refractivity contribution in [2.24, 2.45) is 0 Å². The van der Waals surface area contributed by atoms with E-state index in [9.17, 15) is 0 Å². The number of para-hydroxylation sites is 2. The van der Waals surface area contributed by atoms with Crippen LogP contribution < -0.4 is 4.90 Å². The average Bonchev–Trinajstić information content (AvgIpc) is 3.54. The Bertz CT molecular complexity index is 2110. The van der Waals surface area contributed by atoms with E-state index in [-0.39, 0.29) is 6.04 Å². The smallest absolute Gasteiger partial charge is 0.227 e. The summed E-state index contributed by atoms with van der Waals surface area (Å²) in [5, 5.41) is 2.52. The summed E-state index contributed by atoms with van der Waals surface area (Å²) in [6.07, 6.45) is 11.5. The number of rotatable bonds is 6. The Morgan fingerprint density at radius 1 is 0.682 bits per heavy atom. The molecule has 1 aliphatic rings. The lowest BCUT2D eigenvalue weighted by molar-refractivity contribution is 0.620. The van der Waals surface area contributed by atoms with Gasteiger partial charge in [0.15, 0.2) is 5.58 Å². The molecule has 1 atom stereocenters. The molecule has 0 radical (unpaired) electrons. The van der Waals surface area contributed by atoms with Crippen LogP contribution >= 0.6 is 0 Å². The third-order valence-electron chi connectivity index (χ3n) is 8.15. The van der Waals surface area contributed by atoms with Crippen molar-refractivity contribution in [3.8, 4) is 22.8 Å². The molecule has 3 heterocycles. The summed E-state index contributed by atoms with van der Waals surface area (Å²) in [6, 6.07) is 41.5. The second-order valence-corrected chi connectivity index (χ2v) is 10.9. The maximum absolute atomic E-state index is 6.04. The predicted octanol–water partition coefficient (Wildman–Crippen LogP) is 9.66. The van der Waals surface area contributed by atoms with Gasteiger partial charge in [-0.2, -0.15) is 0 Å². The van der Waals surface area contributed by atoms with Gasteiger partial charge in [0.2, 0.25) is 5.89 Å². The Hall–Kier alpha value is -5.81. The van der Waals surface area contributed by atoms with Gasteiger partial charge in [0, 0.05) is 17.4 Å². The number of anilines is 2. The zero-order valence-electron chi connectivity index (χ0n) is 23.9. The van der Waals surface area contributed by atoms with E-state index in [2.05, 4.69) is 106 Å². The molecule has 3 aromatic heterocycles. The van der Waals surface area contributed by atoms with Crippen molar-refractivity contribution in [2.75, 3.05) is 4.90 Å². The molecule has 7 aromatic rings. The summed E-state index contributed by atoms with van der Waals surface area (Å²) < 4.78 is 6.04. The Balaban J connectivity index is 1.14. The summed E-state index contributed by atoms with van der Waals surface area (Å²) in [4.78, 5) is 16.3. The van der Waals surface area contributed by atoms with E-state index >= 15 is 0 Å². The van der Waals surface area contributed by atoms with Crippen molar-refractivity contribution >= 4 is 38.8 Å². The second-order valence-electron chi connectivity index (χ2n) is 10.9. The number of hydrogen-bond acceptors (Lipinski definition) is 5. The number of benzene rings is 4. The maximum Gasteiger partial charge on any atom is 0.227 e. The van der Waals surface area contributed by atoms with Gasteiger partial charge < -0.3 is 9.32 Å². The van der Waals surface area contributed by atoms with E-state index in [1.54, 1.807) is 6.20 Å². The van der Waals surface area contributed by atoms with Crippen LogP contribution in [0.1, 0.15) is 12.0 Å². The number of allylic oxidation sites excluding steroid dienone is 2. The van der Waals surface area contributed by atoms with Crippen LogP contribution in [0.15, 0.2) is 156 Å². The molecule has 0 bridgehead atoms. The van der Waals surface area contributed by atoms with Crippen LogP contribution in [0.5, 0.6) is 0 Å². The number of fused-ring (bicyclic) bond motifs is 2. The van der Waals surface area contributed by atoms with Gasteiger partial charge in [-0.3, -0.25) is 9.97 Å². The van der Waals surface area contributed by atoms with Gasteiger partial charge >= 0.3 is 0 Å². The molecular formula is C39H28N4O. The highest BCUT2D eigenvalue weighted by Gasteiger charge is 2.22. The van der Waals surface area contributed by atoms with Crippen molar-refractivity contribution in [3.63, 3.8) is 0 Å². The first-order valence-corrected chi connectivity index (χ1v) is 14.8. The molecule has 1 aliphatic carbocycles. The van der Waals surface area contributed by atoms with Gasteiger partial charge in [0.1, 0.15) is 5.52 Å². The Morgan fingerprint density at radius 2 is 1.48 bits per heavy atom. The van der Waals surface area contributed by atoms with Crippen LogP contribution in [0, 0.1) is 0 Å². The molecule has 1 unspecified atom stereocenters. The van der Waals surface area contributed by atoms with Crippen molar-refractivity contribution in [3.05, 3.63) is 158 Å².